The molecule has 1 heterocycles. The zero-order valence-electron chi connectivity index (χ0n) is 10.6. The van der Waals surface area contributed by atoms with Gasteiger partial charge in [0.25, 0.3) is 0 Å². The highest BCUT2D eigenvalue weighted by Gasteiger charge is 2.25. The Morgan fingerprint density at radius 1 is 1.33 bits per heavy atom. The van der Waals surface area contributed by atoms with Crippen LogP contribution in [-0.2, 0) is 4.74 Å². The van der Waals surface area contributed by atoms with Crippen molar-refractivity contribution in [1.29, 1.82) is 0 Å². The molecule has 2 atom stereocenters. The van der Waals surface area contributed by atoms with Gasteiger partial charge in [-0.05, 0) is 43.1 Å². The molecule has 0 radical (unpaired) electrons. The van der Waals surface area contributed by atoms with E-state index in [0.29, 0.717) is 16.0 Å². The summed E-state index contributed by atoms with van der Waals surface area (Å²) in [7, 11) is 0. The zero-order valence-corrected chi connectivity index (χ0v) is 12.1. The van der Waals surface area contributed by atoms with E-state index in [2.05, 4.69) is 12.2 Å². The van der Waals surface area contributed by atoms with Gasteiger partial charge in [0, 0.05) is 28.6 Å². The first-order chi connectivity index (χ1) is 8.70. The lowest BCUT2D eigenvalue weighted by Gasteiger charge is -2.31. The van der Waals surface area contributed by atoms with E-state index in [4.69, 9.17) is 27.9 Å². The summed E-state index contributed by atoms with van der Waals surface area (Å²) in [6.45, 7) is 4.72. The molecular weight excluding hydrogens is 269 g/mol. The number of nitrogens with one attached hydrogen (secondary N) is 1. The van der Waals surface area contributed by atoms with Crippen LogP contribution in [0.5, 0.6) is 0 Å². The van der Waals surface area contributed by atoms with E-state index in [9.17, 15) is 0 Å². The van der Waals surface area contributed by atoms with Crippen molar-refractivity contribution >= 4 is 23.2 Å². The second-order valence-electron chi connectivity index (χ2n) is 4.72. The lowest BCUT2D eigenvalue weighted by atomic mass is 9.88. The maximum atomic E-state index is 6.09. The van der Waals surface area contributed by atoms with E-state index in [-0.39, 0.29) is 6.04 Å². The number of halogens is 2. The van der Waals surface area contributed by atoms with Crippen LogP contribution < -0.4 is 5.32 Å². The summed E-state index contributed by atoms with van der Waals surface area (Å²) in [5, 5.41) is 4.91. The van der Waals surface area contributed by atoms with Crippen molar-refractivity contribution in [3.8, 4) is 0 Å². The summed E-state index contributed by atoms with van der Waals surface area (Å²) in [5.41, 5.74) is 1.16. The predicted molar refractivity (Wildman–Crippen MR) is 76.4 cm³/mol. The summed E-state index contributed by atoms with van der Waals surface area (Å²) in [4.78, 5) is 0. The van der Waals surface area contributed by atoms with Crippen molar-refractivity contribution in [3.63, 3.8) is 0 Å². The van der Waals surface area contributed by atoms with E-state index in [1.807, 2.05) is 12.1 Å². The molecule has 1 aromatic carbocycles. The van der Waals surface area contributed by atoms with Crippen LogP contribution in [0.2, 0.25) is 10.0 Å². The Labute approximate surface area is 119 Å². The maximum Gasteiger partial charge on any atom is 0.0512 e. The largest absolute Gasteiger partial charge is 0.381 e. The van der Waals surface area contributed by atoms with Gasteiger partial charge >= 0.3 is 0 Å². The summed E-state index contributed by atoms with van der Waals surface area (Å²) in [6.07, 6.45) is 2.31. The fourth-order valence-corrected chi connectivity index (χ4v) is 3.10. The van der Waals surface area contributed by atoms with Crippen LogP contribution in [0.4, 0.5) is 0 Å². The molecule has 1 saturated heterocycles. The number of ether oxygens (including phenoxy) is 1. The lowest BCUT2D eigenvalue weighted by molar-refractivity contribution is 0.0393. The van der Waals surface area contributed by atoms with Crippen molar-refractivity contribution in [2.24, 2.45) is 5.92 Å². The van der Waals surface area contributed by atoms with Crippen molar-refractivity contribution in [2.45, 2.75) is 25.8 Å². The Kier molecular flexibility index (Phi) is 5.31. The van der Waals surface area contributed by atoms with Crippen LogP contribution in [0.25, 0.3) is 0 Å². The van der Waals surface area contributed by atoms with Crippen LogP contribution in [0.15, 0.2) is 18.2 Å². The maximum absolute atomic E-state index is 6.09. The van der Waals surface area contributed by atoms with Gasteiger partial charge in [-0.15, -0.1) is 0 Å². The molecule has 2 unspecified atom stereocenters. The van der Waals surface area contributed by atoms with E-state index < -0.39 is 0 Å². The van der Waals surface area contributed by atoms with Gasteiger partial charge in [0.2, 0.25) is 0 Å². The molecule has 4 heteroatoms. The first kappa shape index (κ1) is 14.1. The van der Waals surface area contributed by atoms with Crippen LogP contribution in [0, 0.1) is 5.92 Å². The van der Waals surface area contributed by atoms with Gasteiger partial charge in [-0.2, -0.15) is 0 Å². The first-order valence-corrected chi connectivity index (χ1v) is 7.23. The van der Waals surface area contributed by atoms with Crippen LogP contribution in [0.1, 0.15) is 31.4 Å². The molecule has 1 fully saturated rings. The Hall–Kier alpha value is -0.280. The number of rotatable bonds is 4. The second-order valence-corrected chi connectivity index (χ2v) is 5.59. The first-order valence-electron chi connectivity index (χ1n) is 6.48. The molecule has 0 amide bonds. The molecule has 18 heavy (non-hydrogen) atoms. The summed E-state index contributed by atoms with van der Waals surface area (Å²) >= 11 is 12.2. The zero-order chi connectivity index (χ0) is 13.0. The molecule has 1 aliphatic heterocycles. The van der Waals surface area contributed by atoms with Gasteiger partial charge in [-0.1, -0.05) is 30.1 Å². The van der Waals surface area contributed by atoms with E-state index in [1.165, 1.54) is 6.42 Å². The van der Waals surface area contributed by atoms with Gasteiger partial charge in [0.05, 0.1) is 6.61 Å². The Morgan fingerprint density at radius 3 is 2.61 bits per heavy atom. The van der Waals surface area contributed by atoms with Gasteiger partial charge in [0.15, 0.2) is 0 Å². The van der Waals surface area contributed by atoms with Crippen LogP contribution in [-0.4, -0.2) is 19.8 Å². The smallest absolute Gasteiger partial charge is 0.0512 e. The Bertz CT molecular complexity index is 371. The molecule has 100 valence electrons. The van der Waals surface area contributed by atoms with Crippen molar-refractivity contribution in [2.75, 3.05) is 19.8 Å². The molecule has 2 nitrogen and oxygen atoms in total. The molecule has 0 aliphatic carbocycles. The van der Waals surface area contributed by atoms with Gasteiger partial charge in [-0.3, -0.25) is 0 Å². The highest BCUT2D eigenvalue weighted by atomic mass is 35.5. The topological polar surface area (TPSA) is 21.3 Å². The predicted octanol–water partition coefficient (Wildman–Crippen LogP) is 4.07. The normalized spacial score (nSPS) is 21.8. The standard InChI is InChI=1S/C14H19Cl2NO/c1-2-17-14(10-4-3-5-18-9-10)11-6-12(15)8-13(16)7-11/h6-8,10,14,17H,2-5,9H2,1H3. The highest BCUT2D eigenvalue weighted by molar-refractivity contribution is 6.34. The second kappa shape index (κ2) is 6.76. The lowest BCUT2D eigenvalue weighted by Crippen LogP contribution is -2.33. The van der Waals surface area contributed by atoms with Crippen LogP contribution in [0.3, 0.4) is 0 Å². The van der Waals surface area contributed by atoms with Gasteiger partial charge < -0.3 is 10.1 Å². The summed E-state index contributed by atoms with van der Waals surface area (Å²) < 4.78 is 5.59. The molecule has 1 aromatic rings. The fourth-order valence-electron chi connectivity index (χ4n) is 2.56. The minimum absolute atomic E-state index is 0.270. The number of hydrogen-bond donors (Lipinski definition) is 1. The van der Waals surface area contributed by atoms with Gasteiger partial charge in [0.1, 0.15) is 0 Å². The number of hydrogen-bond acceptors (Lipinski definition) is 2. The van der Waals surface area contributed by atoms with Gasteiger partial charge in [-0.25, -0.2) is 0 Å². The molecule has 0 bridgehead atoms. The molecular formula is C14H19Cl2NO. The van der Waals surface area contributed by atoms with E-state index in [0.717, 1.165) is 31.7 Å². The average molecular weight is 288 g/mol. The molecule has 0 aromatic heterocycles. The third kappa shape index (κ3) is 3.61. The van der Waals surface area contributed by atoms with E-state index in [1.54, 1.807) is 6.07 Å². The molecule has 0 saturated carbocycles. The average Bonchev–Trinajstić information content (AvgIpc) is 2.36. The third-order valence-electron chi connectivity index (χ3n) is 3.33. The quantitative estimate of drug-likeness (QED) is 0.901. The summed E-state index contributed by atoms with van der Waals surface area (Å²) in [5.74, 6) is 0.494. The molecule has 1 aliphatic rings. The minimum Gasteiger partial charge on any atom is -0.381 e. The van der Waals surface area contributed by atoms with Crippen molar-refractivity contribution in [1.82, 2.24) is 5.32 Å². The molecule has 0 spiro atoms. The summed E-state index contributed by atoms with van der Waals surface area (Å²) in [6, 6.07) is 6.03. The highest BCUT2D eigenvalue weighted by Crippen LogP contribution is 2.32. The molecule has 1 N–H and O–H groups in total. The van der Waals surface area contributed by atoms with E-state index >= 15 is 0 Å². The Morgan fingerprint density at radius 2 is 2.06 bits per heavy atom. The van der Waals surface area contributed by atoms with Crippen LogP contribution >= 0.6 is 23.2 Å². The number of benzene rings is 1. The SMILES string of the molecule is CCNC(c1cc(Cl)cc(Cl)c1)C1CCCOC1. The minimum atomic E-state index is 0.270. The van der Waals surface area contributed by atoms with Crippen molar-refractivity contribution in [3.05, 3.63) is 33.8 Å². The monoisotopic (exact) mass is 287 g/mol. The van der Waals surface area contributed by atoms with Crippen molar-refractivity contribution < 1.29 is 4.74 Å². The molecule has 2 rings (SSSR count). The fraction of sp³-hybridized carbons (Fsp3) is 0.571. The Balaban J connectivity index is 2.22. The third-order valence-corrected chi connectivity index (χ3v) is 3.77.